The molecule has 0 radical (unpaired) electrons. The molecule has 0 spiro atoms. The summed E-state index contributed by atoms with van der Waals surface area (Å²) in [7, 11) is 0. The van der Waals surface area contributed by atoms with Crippen molar-refractivity contribution >= 4 is 0 Å². The standard InChI is InChI=1S/C16H18F4O3/c1-2-3-10-8-22-16(23-9-10)11-6-12(17)15(13(18)7-11)21-5-4-14(19)20/h4-7,10,14,16H,2-3,8-9H2,1H3/b5-4+. The van der Waals surface area contributed by atoms with Gasteiger partial charge in [-0.3, -0.25) is 0 Å². The van der Waals surface area contributed by atoms with E-state index in [4.69, 9.17) is 9.47 Å². The van der Waals surface area contributed by atoms with Crippen LogP contribution in [0.5, 0.6) is 5.75 Å². The van der Waals surface area contributed by atoms with E-state index < -0.39 is 30.1 Å². The van der Waals surface area contributed by atoms with Crippen LogP contribution in [-0.2, 0) is 9.47 Å². The minimum atomic E-state index is -2.76. The highest BCUT2D eigenvalue weighted by atomic mass is 19.3. The molecule has 1 aromatic carbocycles. The van der Waals surface area contributed by atoms with Crippen LogP contribution >= 0.6 is 0 Å². The van der Waals surface area contributed by atoms with E-state index in [1.807, 2.05) is 0 Å². The van der Waals surface area contributed by atoms with Crippen molar-refractivity contribution in [2.45, 2.75) is 32.5 Å². The molecule has 0 aliphatic carbocycles. The average molecular weight is 334 g/mol. The van der Waals surface area contributed by atoms with Crippen molar-refractivity contribution < 1.29 is 31.8 Å². The third kappa shape index (κ3) is 4.94. The Morgan fingerprint density at radius 2 is 1.83 bits per heavy atom. The third-order valence-electron chi connectivity index (χ3n) is 3.37. The lowest BCUT2D eigenvalue weighted by atomic mass is 10.1. The Morgan fingerprint density at radius 1 is 1.22 bits per heavy atom. The maximum atomic E-state index is 13.9. The molecule has 0 amide bonds. The van der Waals surface area contributed by atoms with Crippen molar-refractivity contribution in [2.24, 2.45) is 5.92 Å². The molecular formula is C16H18F4O3. The first-order chi connectivity index (χ1) is 11.0. The van der Waals surface area contributed by atoms with Crippen LogP contribution in [0.1, 0.15) is 31.6 Å². The number of ether oxygens (including phenoxy) is 3. The van der Waals surface area contributed by atoms with Crippen molar-refractivity contribution in [3.63, 3.8) is 0 Å². The van der Waals surface area contributed by atoms with Crippen LogP contribution in [0.15, 0.2) is 24.5 Å². The molecule has 0 saturated carbocycles. The summed E-state index contributed by atoms with van der Waals surface area (Å²) in [5.74, 6) is -2.50. The first-order valence-corrected chi connectivity index (χ1v) is 7.34. The highest BCUT2D eigenvalue weighted by Crippen LogP contribution is 2.31. The van der Waals surface area contributed by atoms with Crippen molar-refractivity contribution in [3.8, 4) is 5.75 Å². The van der Waals surface area contributed by atoms with Gasteiger partial charge in [-0.05, 0) is 18.6 Å². The summed E-state index contributed by atoms with van der Waals surface area (Å²) >= 11 is 0. The maximum absolute atomic E-state index is 13.9. The number of hydrogen-bond donors (Lipinski definition) is 0. The fourth-order valence-corrected chi connectivity index (χ4v) is 2.31. The van der Waals surface area contributed by atoms with Crippen LogP contribution in [-0.4, -0.2) is 19.6 Å². The van der Waals surface area contributed by atoms with Gasteiger partial charge in [-0.15, -0.1) is 0 Å². The second-order valence-electron chi connectivity index (χ2n) is 5.25. The van der Waals surface area contributed by atoms with Crippen molar-refractivity contribution in [3.05, 3.63) is 41.7 Å². The Kier molecular flexibility index (Phi) is 6.41. The lowest BCUT2D eigenvalue weighted by Crippen LogP contribution is -2.27. The average Bonchev–Trinajstić information content (AvgIpc) is 2.50. The first kappa shape index (κ1) is 17.7. The Bertz CT molecular complexity index is 517. The molecule has 3 nitrogen and oxygen atoms in total. The van der Waals surface area contributed by atoms with Crippen LogP contribution in [0.4, 0.5) is 17.6 Å². The third-order valence-corrected chi connectivity index (χ3v) is 3.37. The Hall–Kier alpha value is -1.60. The zero-order valence-electron chi connectivity index (χ0n) is 12.6. The van der Waals surface area contributed by atoms with E-state index in [0.717, 1.165) is 25.0 Å². The molecule has 1 aliphatic rings. The molecule has 0 bridgehead atoms. The Morgan fingerprint density at radius 3 is 2.35 bits per heavy atom. The molecule has 0 atom stereocenters. The van der Waals surface area contributed by atoms with Gasteiger partial charge in [0.05, 0.1) is 19.5 Å². The summed E-state index contributed by atoms with van der Waals surface area (Å²) in [6.45, 7) is 2.96. The van der Waals surface area contributed by atoms with Crippen molar-refractivity contribution in [2.75, 3.05) is 13.2 Å². The first-order valence-electron chi connectivity index (χ1n) is 7.34. The predicted molar refractivity (Wildman–Crippen MR) is 75.2 cm³/mol. The summed E-state index contributed by atoms with van der Waals surface area (Å²) in [4.78, 5) is 0. The second-order valence-corrected chi connectivity index (χ2v) is 5.25. The summed E-state index contributed by atoms with van der Waals surface area (Å²) < 4.78 is 67.2. The lowest BCUT2D eigenvalue weighted by Gasteiger charge is -2.29. The summed E-state index contributed by atoms with van der Waals surface area (Å²) in [6, 6.07) is 2.03. The molecule has 1 saturated heterocycles. The SMILES string of the molecule is CCCC1COC(c2cc(F)c(O/C=C/C(F)F)c(F)c2)OC1. The molecule has 1 heterocycles. The highest BCUT2D eigenvalue weighted by Gasteiger charge is 2.25. The quantitative estimate of drug-likeness (QED) is 0.563. The lowest BCUT2D eigenvalue weighted by molar-refractivity contribution is -0.206. The van der Waals surface area contributed by atoms with Gasteiger partial charge in [-0.1, -0.05) is 13.3 Å². The molecule has 2 rings (SSSR count). The van der Waals surface area contributed by atoms with Crippen LogP contribution in [0.3, 0.4) is 0 Å². The Labute approximate surface area is 131 Å². The van der Waals surface area contributed by atoms with Gasteiger partial charge in [0, 0.05) is 17.6 Å². The van der Waals surface area contributed by atoms with Gasteiger partial charge in [0.25, 0.3) is 6.43 Å². The molecule has 128 valence electrons. The summed E-state index contributed by atoms with van der Waals surface area (Å²) in [5, 5.41) is 0. The van der Waals surface area contributed by atoms with Crippen molar-refractivity contribution in [1.82, 2.24) is 0 Å². The monoisotopic (exact) mass is 334 g/mol. The highest BCUT2D eigenvalue weighted by molar-refractivity contribution is 5.32. The predicted octanol–water partition coefficient (Wildman–Crippen LogP) is 4.58. The minimum absolute atomic E-state index is 0.181. The molecule has 7 heteroatoms. The van der Waals surface area contributed by atoms with Gasteiger partial charge in [0.2, 0.25) is 0 Å². The van der Waals surface area contributed by atoms with E-state index in [9.17, 15) is 17.6 Å². The molecule has 1 aromatic rings. The summed E-state index contributed by atoms with van der Waals surface area (Å²) in [6.07, 6.45) is -0.719. The smallest absolute Gasteiger partial charge is 0.260 e. The molecule has 0 unspecified atom stereocenters. The van der Waals surface area contributed by atoms with E-state index >= 15 is 0 Å². The van der Waals surface area contributed by atoms with Crippen LogP contribution in [0.2, 0.25) is 0 Å². The molecule has 1 fully saturated rings. The molecule has 23 heavy (non-hydrogen) atoms. The second kappa shape index (κ2) is 8.31. The number of alkyl halides is 2. The van der Waals surface area contributed by atoms with E-state index in [-0.39, 0.29) is 11.5 Å². The Balaban J connectivity index is 2.05. The van der Waals surface area contributed by atoms with E-state index in [1.165, 1.54) is 0 Å². The molecule has 1 aliphatic heterocycles. The number of hydrogen-bond acceptors (Lipinski definition) is 3. The number of allylic oxidation sites excluding steroid dienone is 1. The van der Waals surface area contributed by atoms with Crippen LogP contribution in [0, 0.1) is 17.6 Å². The van der Waals surface area contributed by atoms with Gasteiger partial charge in [-0.25, -0.2) is 17.6 Å². The van der Waals surface area contributed by atoms with E-state index in [0.29, 0.717) is 25.6 Å². The number of halogens is 4. The van der Waals surface area contributed by atoms with Crippen molar-refractivity contribution in [1.29, 1.82) is 0 Å². The van der Waals surface area contributed by atoms with Crippen LogP contribution in [0.25, 0.3) is 0 Å². The largest absolute Gasteiger partial charge is 0.459 e. The van der Waals surface area contributed by atoms with E-state index in [1.54, 1.807) is 0 Å². The van der Waals surface area contributed by atoms with Gasteiger partial charge < -0.3 is 14.2 Å². The number of benzene rings is 1. The maximum Gasteiger partial charge on any atom is 0.260 e. The molecule has 0 aromatic heterocycles. The summed E-state index contributed by atoms with van der Waals surface area (Å²) in [5.41, 5.74) is 0.181. The van der Waals surface area contributed by atoms with Crippen LogP contribution < -0.4 is 4.74 Å². The normalized spacial score (nSPS) is 22.0. The van der Waals surface area contributed by atoms with Gasteiger partial charge in [-0.2, -0.15) is 0 Å². The van der Waals surface area contributed by atoms with E-state index in [2.05, 4.69) is 11.7 Å². The zero-order valence-corrected chi connectivity index (χ0v) is 12.6. The molecular weight excluding hydrogens is 316 g/mol. The minimum Gasteiger partial charge on any atom is -0.459 e. The van der Waals surface area contributed by atoms with Gasteiger partial charge >= 0.3 is 0 Å². The van der Waals surface area contributed by atoms with Gasteiger partial charge in [0.1, 0.15) is 0 Å². The number of rotatable bonds is 6. The van der Waals surface area contributed by atoms with Gasteiger partial charge in [0.15, 0.2) is 23.7 Å². The zero-order chi connectivity index (χ0) is 16.8. The fourth-order valence-electron chi connectivity index (χ4n) is 2.31. The molecule has 0 N–H and O–H groups in total. The topological polar surface area (TPSA) is 27.7 Å². The fraction of sp³-hybridized carbons (Fsp3) is 0.500.